The fourth-order valence-electron chi connectivity index (χ4n) is 4.88. The molecule has 0 aliphatic carbocycles. The minimum atomic E-state index is 0.272. The Kier molecular flexibility index (Phi) is 5.50. The monoisotopic (exact) mass is 366 g/mol. The molecule has 4 atom stereocenters. The molecule has 2 aromatic rings. The lowest BCUT2D eigenvalue weighted by atomic mass is 9.74. The molecule has 1 N–H and O–H groups in total. The van der Waals surface area contributed by atoms with Crippen molar-refractivity contribution < 1.29 is 5.11 Å². The molecular formula is C22H30N4O. The first kappa shape index (κ1) is 18.5. The first-order valence-corrected chi connectivity index (χ1v) is 10.4. The van der Waals surface area contributed by atoms with E-state index in [9.17, 15) is 5.11 Å². The van der Waals surface area contributed by atoms with Crippen molar-refractivity contribution in [2.75, 3.05) is 19.7 Å². The average Bonchev–Trinajstić information content (AvgIpc) is 2.75. The Bertz CT molecular complexity index is 762. The van der Waals surface area contributed by atoms with Crippen LogP contribution in [0.1, 0.15) is 62.8 Å². The highest BCUT2D eigenvalue weighted by molar-refractivity contribution is 5.54. The summed E-state index contributed by atoms with van der Waals surface area (Å²) in [7, 11) is 0. The van der Waals surface area contributed by atoms with Crippen LogP contribution in [-0.2, 0) is 0 Å². The molecule has 3 aliphatic heterocycles. The molecule has 5 heteroatoms. The van der Waals surface area contributed by atoms with Crippen molar-refractivity contribution >= 4 is 0 Å². The number of aromatic nitrogens is 3. The number of hydrogen-bond acceptors (Lipinski definition) is 5. The van der Waals surface area contributed by atoms with E-state index in [1.807, 2.05) is 24.5 Å². The molecular weight excluding hydrogens is 336 g/mol. The fourth-order valence-corrected chi connectivity index (χ4v) is 4.88. The first-order chi connectivity index (χ1) is 13.2. The van der Waals surface area contributed by atoms with E-state index < -0.39 is 0 Å². The van der Waals surface area contributed by atoms with Gasteiger partial charge in [0.1, 0.15) is 0 Å². The summed E-state index contributed by atoms with van der Waals surface area (Å²) < 4.78 is 0. The number of rotatable bonds is 6. The van der Waals surface area contributed by atoms with Crippen LogP contribution in [0.15, 0.2) is 30.6 Å². The topological polar surface area (TPSA) is 62.1 Å². The largest absolute Gasteiger partial charge is 0.395 e. The molecule has 2 bridgehead atoms. The molecule has 3 saturated heterocycles. The summed E-state index contributed by atoms with van der Waals surface area (Å²) >= 11 is 0. The van der Waals surface area contributed by atoms with E-state index in [1.165, 1.54) is 17.8 Å². The highest BCUT2D eigenvalue weighted by atomic mass is 16.3. The number of hydrogen-bond donors (Lipinski definition) is 1. The van der Waals surface area contributed by atoms with Gasteiger partial charge in [0, 0.05) is 53.8 Å². The Morgan fingerprint density at radius 3 is 2.59 bits per heavy atom. The maximum absolute atomic E-state index is 9.67. The second-order valence-electron chi connectivity index (χ2n) is 8.01. The lowest BCUT2D eigenvalue weighted by Gasteiger charge is -2.49. The summed E-state index contributed by atoms with van der Waals surface area (Å²) in [5, 5.41) is 9.67. The minimum Gasteiger partial charge on any atom is -0.395 e. The Morgan fingerprint density at radius 2 is 1.96 bits per heavy atom. The molecule has 2 aromatic heterocycles. The molecule has 3 aliphatic rings. The van der Waals surface area contributed by atoms with Gasteiger partial charge in [-0.05, 0) is 56.3 Å². The normalized spacial score (nSPS) is 27.3. The molecule has 0 radical (unpaired) electrons. The summed E-state index contributed by atoms with van der Waals surface area (Å²) in [6.07, 6.45) is 8.09. The number of pyridine rings is 1. The highest BCUT2D eigenvalue weighted by Crippen LogP contribution is 2.42. The number of nitrogens with zero attached hydrogens (tertiary/aromatic N) is 4. The standard InChI is InChI=1S/C22H30N4O/c1-3-15(4-2)20-12-21(25-22(24-20)16-5-8-23-9-6-16)19-13-26-10-7-17(19)11-18(26)14-27/h5-6,8-9,12,15,17-19,27H,3-4,7,10-11,13-14H2,1-2H3. The zero-order chi connectivity index (χ0) is 18.8. The van der Waals surface area contributed by atoms with Crippen molar-refractivity contribution in [2.24, 2.45) is 5.92 Å². The van der Waals surface area contributed by atoms with Crippen LogP contribution in [0.3, 0.4) is 0 Å². The van der Waals surface area contributed by atoms with Gasteiger partial charge in [-0.1, -0.05) is 13.8 Å². The maximum Gasteiger partial charge on any atom is 0.159 e. The van der Waals surface area contributed by atoms with Gasteiger partial charge in [-0.15, -0.1) is 0 Å². The van der Waals surface area contributed by atoms with Gasteiger partial charge in [0.25, 0.3) is 0 Å². The van der Waals surface area contributed by atoms with Gasteiger partial charge in [0.2, 0.25) is 0 Å². The van der Waals surface area contributed by atoms with Gasteiger partial charge in [0.15, 0.2) is 5.82 Å². The molecule has 5 heterocycles. The van der Waals surface area contributed by atoms with Crippen LogP contribution < -0.4 is 0 Å². The van der Waals surface area contributed by atoms with Crippen LogP contribution in [0.4, 0.5) is 0 Å². The third-order valence-corrected chi connectivity index (χ3v) is 6.58. The first-order valence-electron chi connectivity index (χ1n) is 10.4. The molecule has 4 unspecified atom stereocenters. The molecule has 144 valence electrons. The highest BCUT2D eigenvalue weighted by Gasteiger charge is 2.41. The van der Waals surface area contributed by atoms with Gasteiger partial charge < -0.3 is 5.11 Å². The molecule has 0 aromatic carbocycles. The van der Waals surface area contributed by atoms with Crippen molar-refractivity contribution in [3.8, 4) is 11.4 Å². The zero-order valence-corrected chi connectivity index (χ0v) is 16.4. The average molecular weight is 367 g/mol. The van der Waals surface area contributed by atoms with Crippen LogP contribution in [-0.4, -0.2) is 50.7 Å². The molecule has 0 amide bonds. The van der Waals surface area contributed by atoms with Crippen LogP contribution >= 0.6 is 0 Å². The van der Waals surface area contributed by atoms with Crippen molar-refractivity contribution in [3.05, 3.63) is 42.0 Å². The van der Waals surface area contributed by atoms with Gasteiger partial charge in [-0.3, -0.25) is 9.88 Å². The van der Waals surface area contributed by atoms with E-state index in [2.05, 4.69) is 29.8 Å². The number of fused-ring (bicyclic) bond motifs is 3. The lowest BCUT2D eigenvalue weighted by molar-refractivity contribution is 0.00184. The van der Waals surface area contributed by atoms with E-state index in [1.54, 1.807) is 0 Å². The molecule has 0 spiro atoms. The minimum absolute atomic E-state index is 0.272. The molecule has 0 saturated carbocycles. The van der Waals surface area contributed by atoms with Crippen LogP contribution in [0, 0.1) is 5.92 Å². The van der Waals surface area contributed by atoms with Gasteiger partial charge in [-0.2, -0.15) is 0 Å². The van der Waals surface area contributed by atoms with Gasteiger partial charge in [0.05, 0.1) is 6.61 Å². The van der Waals surface area contributed by atoms with Crippen molar-refractivity contribution in [3.63, 3.8) is 0 Å². The zero-order valence-electron chi connectivity index (χ0n) is 16.4. The number of piperidine rings is 3. The van der Waals surface area contributed by atoms with Gasteiger partial charge in [-0.25, -0.2) is 9.97 Å². The SMILES string of the molecule is CCC(CC)c1cc(C2CN3CCC2CC3CO)nc(-c2ccncc2)n1. The van der Waals surface area contributed by atoms with E-state index >= 15 is 0 Å². The van der Waals surface area contributed by atoms with Crippen LogP contribution in [0.25, 0.3) is 11.4 Å². The quantitative estimate of drug-likeness (QED) is 0.846. The predicted molar refractivity (Wildman–Crippen MR) is 106 cm³/mol. The Balaban J connectivity index is 1.73. The van der Waals surface area contributed by atoms with Crippen LogP contribution in [0.2, 0.25) is 0 Å². The Hall–Kier alpha value is -1.85. The Morgan fingerprint density at radius 1 is 1.19 bits per heavy atom. The van der Waals surface area contributed by atoms with Crippen molar-refractivity contribution in [2.45, 2.75) is 57.4 Å². The predicted octanol–water partition coefficient (Wildman–Crippen LogP) is 3.61. The number of aliphatic hydroxyl groups is 1. The third kappa shape index (κ3) is 3.63. The number of aliphatic hydroxyl groups excluding tert-OH is 1. The van der Waals surface area contributed by atoms with Crippen molar-refractivity contribution in [1.82, 2.24) is 19.9 Å². The van der Waals surface area contributed by atoms with Crippen molar-refractivity contribution in [1.29, 1.82) is 0 Å². The maximum atomic E-state index is 9.67. The molecule has 5 nitrogen and oxygen atoms in total. The summed E-state index contributed by atoms with van der Waals surface area (Å²) in [5.41, 5.74) is 3.39. The molecule has 5 rings (SSSR count). The van der Waals surface area contributed by atoms with E-state index in [4.69, 9.17) is 9.97 Å². The van der Waals surface area contributed by atoms with E-state index in [0.717, 1.165) is 43.7 Å². The molecule has 3 fully saturated rings. The van der Waals surface area contributed by atoms with E-state index in [-0.39, 0.29) is 6.61 Å². The lowest BCUT2D eigenvalue weighted by Crippen LogP contribution is -2.53. The second kappa shape index (κ2) is 8.03. The Labute approximate surface area is 161 Å². The summed E-state index contributed by atoms with van der Waals surface area (Å²) in [4.78, 5) is 16.6. The fraction of sp³-hybridized carbons (Fsp3) is 0.591. The summed E-state index contributed by atoms with van der Waals surface area (Å²) in [5.74, 6) is 2.35. The second-order valence-corrected chi connectivity index (χ2v) is 8.01. The summed E-state index contributed by atoms with van der Waals surface area (Å²) in [6, 6.07) is 6.59. The summed E-state index contributed by atoms with van der Waals surface area (Å²) in [6.45, 7) is 6.86. The van der Waals surface area contributed by atoms with E-state index in [0.29, 0.717) is 23.8 Å². The molecule has 27 heavy (non-hydrogen) atoms. The third-order valence-electron chi connectivity index (χ3n) is 6.58. The van der Waals surface area contributed by atoms with Gasteiger partial charge >= 0.3 is 0 Å². The van der Waals surface area contributed by atoms with Crippen LogP contribution in [0.5, 0.6) is 0 Å². The smallest absolute Gasteiger partial charge is 0.159 e.